The van der Waals surface area contributed by atoms with Crippen LogP contribution in [0.3, 0.4) is 0 Å². The lowest BCUT2D eigenvalue weighted by atomic mass is 10.1. The van der Waals surface area contributed by atoms with Crippen molar-refractivity contribution < 1.29 is 29.0 Å². The molecule has 0 radical (unpaired) electrons. The van der Waals surface area contributed by atoms with Crippen molar-refractivity contribution in [2.75, 3.05) is 34.2 Å². The van der Waals surface area contributed by atoms with Crippen molar-refractivity contribution in [1.29, 1.82) is 0 Å². The summed E-state index contributed by atoms with van der Waals surface area (Å²) < 4.78 is 21.3. The molecule has 1 fully saturated rings. The van der Waals surface area contributed by atoms with Crippen molar-refractivity contribution in [3.8, 4) is 28.7 Å². The average molecular weight is 440 g/mol. The maximum Gasteiger partial charge on any atom is 0.315 e. The molecular formula is C19H21NO7S2. The molecule has 3 rings (SSSR count). The van der Waals surface area contributed by atoms with Crippen molar-refractivity contribution in [2.45, 2.75) is 9.83 Å². The minimum Gasteiger partial charge on any atom is -0.500 e. The Hall–Kier alpha value is -2.46. The van der Waals surface area contributed by atoms with E-state index in [1.807, 2.05) is 12.1 Å². The number of hydrogen-bond acceptors (Lipinski definition) is 9. The number of ether oxygens (including phenoxy) is 4. The Labute approximate surface area is 176 Å². The molecule has 1 aliphatic heterocycles. The summed E-state index contributed by atoms with van der Waals surface area (Å²) in [5.74, 6) is 2.12. The van der Waals surface area contributed by atoms with Gasteiger partial charge in [0.1, 0.15) is 0 Å². The molecule has 2 atom stereocenters. The summed E-state index contributed by atoms with van der Waals surface area (Å²) in [4.78, 5) is 10.7. The molecule has 2 aromatic carbocycles. The fourth-order valence-electron chi connectivity index (χ4n) is 3.08. The summed E-state index contributed by atoms with van der Waals surface area (Å²) in [7, 11) is 6.07. The zero-order valence-electron chi connectivity index (χ0n) is 16.3. The Morgan fingerprint density at radius 1 is 0.966 bits per heavy atom. The molecule has 0 amide bonds. The SMILES string of the molecule is COc1cc([C@H]2SC[C@@H](c3cc(OC)c(OC)c(OC)c3)S2)cc([N+](=O)[O-])c1O. The molecule has 29 heavy (non-hydrogen) atoms. The number of aromatic hydroxyl groups is 1. The van der Waals surface area contributed by atoms with Crippen LogP contribution < -0.4 is 18.9 Å². The summed E-state index contributed by atoms with van der Waals surface area (Å²) in [6, 6.07) is 6.88. The first-order valence-corrected chi connectivity index (χ1v) is 10.5. The van der Waals surface area contributed by atoms with E-state index in [-0.39, 0.29) is 21.3 Å². The van der Waals surface area contributed by atoms with Gasteiger partial charge in [0.05, 0.1) is 37.9 Å². The van der Waals surface area contributed by atoms with Crippen LogP contribution in [0.15, 0.2) is 24.3 Å². The average Bonchev–Trinajstić information content (AvgIpc) is 3.22. The second kappa shape index (κ2) is 8.91. The number of phenolic OH excluding ortho intramolecular Hbond substituents is 1. The van der Waals surface area contributed by atoms with Gasteiger partial charge < -0.3 is 24.1 Å². The summed E-state index contributed by atoms with van der Waals surface area (Å²) in [5, 5.41) is 21.4. The Kier molecular flexibility index (Phi) is 6.53. The number of nitro benzene ring substituents is 1. The molecule has 0 aliphatic carbocycles. The van der Waals surface area contributed by atoms with E-state index >= 15 is 0 Å². The van der Waals surface area contributed by atoms with Crippen molar-refractivity contribution in [3.05, 3.63) is 45.5 Å². The number of nitro groups is 1. The van der Waals surface area contributed by atoms with E-state index in [0.717, 1.165) is 16.9 Å². The maximum absolute atomic E-state index is 11.3. The summed E-state index contributed by atoms with van der Waals surface area (Å²) >= 11 is 3.34. The van der Waals surface area contributed by atoms with Crippen molar-refractivity contribution in [2.24, 2.45) is 0 Å². The van der Waals surface area contributed by atoms with Crippen LogP contribution in [-0.4, -0.2) is 44.2 Å². The number of rotatable bonds is 7. The number of thioether (sulfide) groups is 2. The molecule has 1 aliphatic rings. The number of benzene rings is 2. The van der Waals surface area contributed by atoms with E-state index in [9.17, 15) is 15.2 Å². The van der Waals surface area contributed by atoms with Gasteiger partial charge in [0.2, 0.25) is 11.5 Å². The summed E-state index contributed by atoms with van der Waals surface area (Å²) in [6.07, 6.45) is 0. The molecule has 10 heteroatoms. The molecule has 0 saturated carbocycles. The minimum atomic E-state index is -0.609. The zero-order valence-corrected chi connectivity index (χ0v) is 18.0. The van der Waals surface area contributed by atoms with Crippen LogP contribution in [0.25, 0.3) is 0 Å². The van der Waals surface area contributed by atoms with Crippen molar-refractivity contribution >= 4 is 29.2 Å². The highest BCUT2D eigenvalue weighted by atomic mass is 32.2. The molecule has 1 N–H and O–H groups in total. The van der Waals surface area contributed by atoms with Gasteiger partial charge >= 0.3 is 5.69 Å². The smallest absolute Gasteiger partial charge is 0.315 e. The van der Waals surface area contributed by atoms with Crippen molar-refractivity contribution in [3.63, 3.8) is 0 Å². The van der Waals surface area contributed by atoms with Gasteiger partial charge in [-0.15, -0.1) is 23.5 Å². The molecular weight excluding hydrogens is 418 g/mol. The van der Waals surface area contributed by atoms with Gasteiger partial charge in [-0.2, -0.15) is 0 Å². The third kappa shape index (κ3) is 4.13. The number of nitrogens with zero attached hydrogens (tertiary/aromatic N) is 1. The lowest BCUT2D eigenvalue weighted by molar-refractivity contribution is -0.386. The topological polar surface area (TPSA) is 100 Å². The van der Waals surface area contributed by atoms with Gasteiger partial charge in [-0.3, -0.25) is 10.1 Å². The Bertz CT molecular complexity index is 897. The van der Waals surface area contributed by atoms with E-state index in [2.05, 4.69) is 0 Å². The predicted octanol–water partition coefficient (Wildman–Crippen LogP) is 4.55. The molecule has 156 valence electrons. The van der Waals surface area contributed by atoms with E-state index < -0.39 is 10.7 Å². The zero-order chi connectivity index (χ0) is 21.1. The number of hydrogen-bond donors (Lipinski definition) is 1. The van der Waals surface area contributed by atoms with E-state index in [4.69, 9.17) is 18.9 Å². The predicted molar refractivity (Wildman–Crippen MR) is 113 cm³/mol. The van der Waals surface area contributed by atoms with Crippen LogP contribution in [0.1, 0.15) is 21.0 Å². The first-order valence-electron chi connectivity index (χ1n) is 8.55. The van der Waals surface area contributed by atoms with Crippen LogP contribution in [0.5, 0.6) is 28.7 Å². The van der Waals surface area contributed by atoms with Gasteiger partial charge in [-0.25, -0.2) is 0 Å². The van der Waals surface area contributed by atoms with Crippen LogP contribution in [0.2, 0.25) is 0 Å². The molecule has 0 bridgehead atoms. The normalized spacial score (nSPS) is 18.3. The fourth-order valence-corrected chi connectivity index (χ4v) is 6.34. The van der Waals surface area contributed by atoms with Gasteiger partial charge in [-0.1, -0.05) is 0 Å². The first kappa shape index (κ1) is 21.3. The largest absolute Gasteiger partial charge is 0.500 e. The lowest BCUT2D eigenvalue weighted by Gasteiger charge is -2.17. The Morgan fingerprint density at radius 2 is 1.55 bits per heavy atom. The number of phenols is 1. The lowest BCUT2D eigenvalue weighted by Crippen LogP contribution is -1.99. The molecule has 8 nitrogen and oxygen atoms in total. The first-order chi connectivity index (χ1) is 13.9. The van der Waals surface area contributed by atoms with Gasteiger partial charge in [0, 0.05) is 17.1 Å². The van der Waals surface area contributed by atoms with Crippen LogP contribution in [-0.2, 0) is 0 Å². The molecule has 2 aromatic rings. The Balaban J connectivity index is 1.91. The van der Waals surface area contributed by atoms with Crippen molar-refractivity contribution in [1.82, 2.24) is 0 Å². The van der Waals surface area contributed by atoms with Gasteiger partial charge in [0.25, 0.3) is 0 Å². The second-order valence-corrected chi connectivity index (χ2v) is 8.85. The summed E-state index contributed by atoms with van der Waals surface area (Å²) in [5.41, 5.74) is 1.37. The van der Waals surface area contributed by atoms with Crippen LogP contribution in [0, 0.1) is 10.1 Å². The standard InChI is InChI=1S/C19H21NO7S2/c1-24-13-8-11(5-12(17(13)21)20(22)23)19-28-9-16(29-19)10-6-14(25-2)18(27-4)15(7-10)26-3/h5-8,16,19,21H,9H2,1-4H3/t16-,19-/m0/s1. The van der Waals surface area contributed by atoms with Crippen LogP contribution in [0.4, 0.5) is 5.69 Å². The maximum atomic E-state index is 11.3. The quantitative estimate of drug-likeness (QED) is 0.492. The fraction of sp³-hybridized carbons (Fsp3) is 0.368. The molecule has 0 spiro atoms. The highest BCUT2D eigenvalue weighted by Crippen LogP contribution is 2.58. The van der Waals surface area contributed by atoms with E-state index in [0.29, 0.717) is 17.2 Å². The second-order valence-electron chi connectivity index (χ2n) is 6.10. The van der Waals surface area contributed by atoms with Gasteiger partial charge in [0.15, 0.2) is 17.2 Å². The molecule has 1 saturated heterocycles. The van der Waals surface area contributed by atoms with Crippen LogP contribution >= 0.6 is 23.5 Å². The van der Waals surface area contributed by atoms with E-state index in [1.54, 1.807) is 50.9 Å². The Morgan fingerprint density at radius 3 is 2.07 bits per heavy atom. The van der Waals surface area contributed by atoms with E-state index in [1.165, 1.54) is 13.2 Å². The third-order valence-corrected chi connectivity index (χ3v) is 7.85. The molecule has 0 aromatic heterocycles. The molecule has 0 unspecified atom stereocenters. The third-order valence-electron chi connectivity index (χ3n) is 4.51. The minimum absolute atomic E-state index is 0.0488. The highest BCUT2D eigenvalue weighted by molar-refractivity contribution is 8.19. The summed E-state index contributed by atoms with van der Waals surface area (Å²) in [6.45, 7) is 0. The van der Waals surface area contributed by atoms with Gasteiger partial charge in [-0.05, 0) is 29.3 Å². The molecule has 1 heterocycles. The highest BCUT2D eigenvalue weighted by Gasteiger charge is 2.32. The monoisotopic (exact) mass is 439 g/mol. The number of methoxy groups -OCH3 is 4.